The predicted molar refractivity (Wildman–Crippen MR) is 97.3 cm³/mol. The fraction of sp³-hybridized carbons (Fsp3) is 0.550. The van der Waals surface area contributed by atoms with E-state index in [4.69, 9.17) is 0 Å². The van der Waals surface area contributed by atoms with E-state index >= 15 is 0 Å². The third kappa shape index (κ3) is 2.44. The molecule has 2 saturated heterocycles. The molecule has 24 heavy (non-hydrogen) atoms. The number of nitrogens with zero attached hydrogens (tertiary/aromatic N) is 2. The molecule has 4 heteroatoms. The average molecular weight is 325 g/mol. The molecular formula is C20H27N3O. The van der Waals surface area contributed by atoms with Crippen molar-refractivity contribution in [3.63, 3.8) is 0 Å². The molecule has 0 unspecified atom stereocenters. The van der Waals surface area contributed by atoms with Gasteiger partial charge in [-0.1, -0.05) is 24.6 Å². The largest absolute Gasteiger partial charge is 0.349 e. The average Bonchev–Trinajstić information content (AvgIpc) is 2.80. The second-order valence-corrected chi connectivity index (χ2v) is 7.58. The second kappa shape index (κ2) is 5.92. The molecule has 1 aromatic carbocycles. The Morgan fingerprint density at radius 1 is 1.12 bits per heavy atom. The van der Waals surface area contributed by atoms with Crippen LogP contribution in [0, 0.1) is 6.92 Å². The van der Waals surface area contributed by atoms with Gasteiger partial charge in [0, 0.05) is 41.8 Å². The van der Waals surface area contributed by atoms with E-state index in [1.165, 1.54) is 19.3 Å². The number of piperidine rings is 2. The highest BCUT2D eigenvalue weighted by atomic mass is 16.1. The number of hydrogen-bond acceptors (Lipinski definition) is 2. The van der Waals surface area contributed by atoms with E-state index in [-0.39, 0.29) is 5.91 Å². The summed E-state index contributed by atoms with van der Waals surface area (Å²) < 4.78 is 2.12. The lowest BCUT2D eigenvalue weighted by atomic mass is 9.82. The van der Waals surface area contributed by atoms with Crippen LogP contribution in [0.5, 0.6) is 0 Å². The quantitative estimate of drug-likeness (QED) is 0.920. The Balaban J connectivity index is 1.58. The third-order valence-electron chi connectivity index (χ3n) is 6.30. The Morgan fingerprint density at radius 3 is 2.50 bits per heavy atom. The van der Waals surface area contributed by atoms with Crippen molar-refractivity contribution in [1.82, 2.24) is 14.8 Å². The zero-order valence-corrected chi connectivity index (χ0v) is 14.9. The molecule has 0 saturated carbocycles. The zero-order chi connectivity index (χ0) is 16.8. The fourth-order valence-electron chi connectivity index (χ4n) is 4.80. The summed E-state index contributed by atoms with van der Waals surface area (Å²) >= 11 is 0. The van der Waals surface area contributed by atoms with E-state index in [2.05, 4.69) is 34.0 Å². The summed E-state index contributed by atoms with van der Waals surface area (Å²) in [5, 5.41) is 4.41. The standard InChI is InChI=1S/C20H27N3O/c1-13-19(17-9-4-5-10-18(17)22(13)2)20(24)21-14-11-15-7-6-8-16(12-14)23(15)3/h4-5,9-10,14-16H,6-8,11-12H2,1-3H3,(H,21,24)/t14-,15+,16-. The topological polar surface area (TPSA) is 37.3 Å². The Bertz CT molecular complexity index is 765. The van der Waals surface area contributed by atoms with E-state index in [0.717, 1.165) is 35.0 Å². The molecule has 4 nitrogen and oxygen atoms in total. The van der Waals surface area contributed by atoms with Gasteiger partial charge in [0.25, 0.3) is 5.91 Å². The number of carbonyl (C=O) groups is 1. The second-order valence-electron chi connectivity index (χ2n) is 7.58. The van der Waals surface area contributed by atoms with Crippen molar-refractivity contribution in [2.24, 2.45) is 7.05 Å². The van der Waals surface area contributed by atoms with E-state index in [9.17, 15) is 4.79 Å². The molecule has 0 aliphatic carbocycles. The summed E-state index contributed by atoms with van der Waals surface area (Å²) in [7, 11) is 4.29. The van der Waals surface area contributed by atoms with Crippen LogP contribution in [-0.2, 0) is 7.05 Å². The molecule has 1 N–H and O–H groups in total. The minimum Gasteiger partial charge on any atom is -0.349 e. The van der Waals surface area contributed by atoms with Crippen LogP contribution < -0.4 is 5.32 Å². The minimum atomic E-state index is 0.0944. The van der Waals surface area contributed by atoms with Gasteiger partial charge in [-0.05, 0) is 45.7 Å². The monoisotopic (exact) mass is 325 g/mol. The maximum Gasteiger partial charge on any atom is 0.253 e. The number of benzene rings is 1. The van der Waals surface area contributed by atoms with Gasteiger partial charge in [-0.15, -0.1) is 0 Å². The van der Waals surface area contributed by atoms with E-state index in [1.54, 1.807) is 0 Å². The van der Waals surface area contributed by atoms with Gasteiger partial charge in [0.2, 0.25) is 0 Å². The van der Waals surface area contributed by atoms with Crippen molar-refractivity contribution < 1.29 is 4.79 Å². The normalized spacial score (nSPS) is 27.4. The van der Waals surface area contributed by atoms with Gasteiger partial charge < -0.3 is 14.8 Å². The molecule has 1 aromatic heterocycles. The zero-order valence-electron chi connectivity index (χ0n) is 14.9. The molecule has 3 heterocycles. The Kier molecular flexibility index (Phi) is 3.87. The molecule has 1 amide bonds. The number of aryl methyl sites for hydroxylation is 1. The summed E-state index contributed by atoms with van der Waals surface area (Å²) in [4.78, 5) is 15.6. The highest BCUT2D eigenvalue weighted by molar-refractivity contribution is 6.08. The SMILES string of the molecule is Cc1c(C(=O)N[C@H]2C[C@H]3CCC[C@@H](C2)N3C)c2ccccc2n1C. The van der Waals surface area contributed by atoms with Gasteiger partial charge in [-0.25, -0.2) is 0 Å². The van der Waals surface area contributed by atoms with Crippen molar-refractivity contribution in [2.75, 3.05) is 7.05 Å². The van der Waals surface area contributed by atoms with E-state index in [1.807, 2.05) is 26.1 Å². The molecular weight excluding hydrogens is 298 g/mol. The summed E-state index contributed by atoms with van der Waals surface area (Å²) in [5.74, 6) is 0.0944. The summed E-state index contributed by atoms with van der Waals surface area (Å²) in [5.41, 5.74) is 3.01. The third-order valence-corrected chi connectivity index (χ3v) is 6.30. The van der Waals surface area contributed by atoms with Crippen molar-refractivity contribution in [2.45, 2.75) is 57.2 Å². The lowest BCUT2D eigenvalue weighted by molar-refractivity contribution is 0.0463. The lowest BCUT2D eigenvalue weighted by Gasteiger charge is -2.47. The first-order chi connectivity index (χ1) is 11.6. The van der Waals surface area contributed by atoms with Crippen LogP contribution in [-0.4, -0.2) is 40.5 Å². The molecule has 2 bridgehead atoms. The molecule has 2 fully saturated rings. The molecule has 0 spiro atoms. The number of aromatic nitrogens is 1. The molecule has 2 aliphatic rings. The first kappa shape index (κ1) is 15.7. The summed E-state index contributed by atoms with van der Waals surface area (Å²) in [6, 6.07) is 9.76. The van der Waals surface area contributed by atoms with Gasteiger partial charge in [0.05, 0.1) is 5.56 Å². The van der Waals surface area contributed by atoms with Crippen molar-refractivity contribution in [1.29, 1.82) is 0 Å². The van der Waals surface area contributed by atoms with E-state index < -0.39 is 0 Å². The van der Waals surface area contributed by atoms with Crippen molar-refractivity contribution in [3.05, 3.63) is 35.5 Å². The molecule has 128 valence electrons. The number of hydrogen-bond donors (Lipinski definition) is 1. The number of fused-ring (bicyclic) bond motifs is 3. The highest BCUT2D eigenvalue weighted by Gasteiger charge is 2.36. The molecule has 3 atom stereocenters. The molecule has 2 aliphatic heterocycles. The predicted octanol–water partition coefficient (Wildman–Crippen LogP) is 3.23. The maximum absolute atomic E-state index is 13.0. The van der Waals surface area contributed by atoms with Crippen molar-refractivity contribution in [3.8, 4) is 0 Å². The van der Waals surface area contributed by atoms with Crippen LogP contribution in [0.1, 0.15) is 48.2 Å². The van der Waals surface area contributed by atoms with Gasteiger partial charge in [-0.3, -0.25) is 4.79 Å². The number of rotatable bonds is 2. The molecule has 4 rings (SSSR count). The first-order valence-corrected chi connectivity index (χ1v) is 9.13. The van der Waals surface area contributed by atoms with Crippen LogP contribution in [0.2, 0.25) is 0 Å². The fourth-order valence-corrected chi connectivity index (χ4v) is 4.80. The lowest BCUT2D eigenvalue weighted by Crippen LogP contribution is -2.55. The smallest absolute Gasteiger partial charge is 0.253 e. The van der Waals surface area contributed by atoms with Gasteiger partial charge in [0.15, 0.2) is 0 Å². The first-order valence-electron chi connectivity index (χ1n) is 9.13. The Morgan fingerprint density at radius 2 is 1.79 bits per heavy atom. The maximum atomic E-state index is 13.0. The highest BCUT2D eigenvalue weighted by Crippen LogP contribution is 2.33. The van der Waals surface area contributed by atoms with Crippen LogP contribution in [0.15, 0.2) is 24.3 Å². The van der Waals surface area contributed by atoms with Gasteiger partial charge in [-0.2, -0.15) is 0 Å². The summed E-state index contributed by atoms with van der Waals surface area (Å²) in [6.45, 7) is 2.04. The van der Waals surface area contributed by atoms with Crippen LogP contribution in [0.25, 0.3) is 10.9 Å². The van der Waals surface area contributed by atoms with Crippen LogP contribution in [0.4, 0.5) is 0 Å². The number of amides is 1. The Labute approximate surface area is 143 Å². The molecule has 0 radical (unpaired) electrons. The summed E-state index contributed by atoms with van der Waals surface area (Å²) in [6.07, 6.45) is 6.05. The number of carbonyl (C=O) groups excluding carboxylic acids is 1. The van der Waals surface area contributed by atoms with E-state index in [0.29, 0.717) is 18.1 Å². The van der Waals surface area contributed by atoms with Gasteiger partial charge in [0.1, 0.15) is 0 Å². The van der Waals surface area contributed by atoms with Crippen molar-refractivity contribution >= 4 is 16.8 Å². The number of nitrogens with one attached hydrogen (secondary N) is 1. The van der Waals surface area contributed by atoms with Crippen LogP contribution >= 0.6 is 0 Å². The van der Waals surface area contributed by atoms with Gasteiger partial charge >= 0.3 is 0 Å². The Hall–Kier alpha value is -1.81. The number of para-hydroxylation sites is 1. The minimum absolute atomic E-state index is 0.0944. The van der Waals surface area contributed by atoms with Crippen LogP contribution in [0.3, 0.4) is 0 Å². The molecule has 2 aromatic rings.